The largest absolute Gasteiger partial charge is 0.394 e. The monoisotopic (exact) mass is 358 g/mol. The number of aliphatic hydroxyl groups excluding tert-OH is 3. The second-order valence-corrected chi connectivity index (χ2v) is 6.54. The van der Waals surface area contributed by atoms with Crippen LogP contribution in [0.25, 0.3) is 0 Å². The molecule has 2 aromatic rings. The van der Waals surface area contributed by atoms with Crippen LogP contribution in [-0.4, -0.2) is 46.0 Å². The molecule has 1 aliphatic rings. The van der Waals surface area contributed by atoms with Crippen LogP contribution < -0.4 is 4.57 Å². The Balaban J connectivity index is 1.75. The molecule has 2 heterocycles. The van der Waals surface area contributed by atoms with E-state index in [1.165, 1.54) is 5.56 Å². The van der Waals surface area contributed by atoms with E-state index in [0.717, 1.165) is 12.0 Å². The maximum atomic E-state index is 12.6. The van der Waals surface area contributed by atoms with E-state index >= 15 is 0 Å². The fourth-order valence-electron chi connectivity index (χ4n) is 3.12. The van der Waals surface area contributed by atoms with Gasteiger partial charge in [0.2, 0.25) is 0 Å². The van der Waals surface area contributed by atoms with E-state index in [0.29, 0.717) is 5.56 Å². The van der Waals surface area contributed by atoms with Gasteiger partial charge in [-0.2, -0.15) is 4.57 Å². The maximum absolute atomic E-state index is 12.6. The SMILES string of the molecule is CCc1ccc(CC(=O)c2ccc[n+]([C@@H]3O[C@H](CO)[C@@H](O)[C@H]3O)c2)cc1. The number of Topliss-reactive ketones (excluding diaryl/α,β-unsaturated/α-hetero) is 1. The van der Waals surface area contributed by atoms with Crippen LogP contribution in [0.15, 0.2) is 48.8 Å². The van der Waals surface area contributed by atoms with Gasteiger partial charge in [0.15, 0.2) is 24.3 Å². The van der Waals surface area contributed by atoms with Crippen molar-refractivity contribution in [1.29, 1.82) is 0 Å². The third-order valence-electron chi connectivity index (χ3n) is 4.75. The van der Waals surface area contributed by atoms with Crippen molar-refractivity contribution in [3.05, 3.63) is 65.5 Å². The number of benzene rings is 1. The predicted octanol–water partition coefficient (Wildman–Crippen LogP) is 0.573. The maximum Gasteiger partial charge on any atom is 0.292 e. The van der Waals surface area contributed by atoms with Crippen LogP contribution in [0.5, 0.6) is 0 Å². The van der Waals surface area contributed by atoms with Crippen molar-refractivity contribution >= 4 is 5.78 Å². The lowest BCUT2D eigenvalue weighted by Gasteiger charge is -2.10. The molecule has 0 amide bonds. The predicted molar refractivity (Wildman–Crippen MR) is 93.5 cm³/mol. The van der Waals surface area contributed by atoms with Gasteiger partial charge in [-0.25, -0.2) is 0 Å². The first-order valence-corrected chi connectivity index (χ1v) is 8.77. The number of nitrogens with zero attached hydrogens (tertiary/aromatic N) is 1. The first kappa shape index (κ1) is 18.7. The Morgan fingerprint density at radius 1 is 1.12 bits per heavy atom. The zero-order chi connectivity index (χ0) is 18.7. The summed E-state index contributed by atoms with van der Waals surface area (Å²) >= 11 is 0. The molecule has 0 aliphatic carbocycles. The van der Waals surface area contributed by atoms with Crippen LogP contribution in [-0.2, 0) is 17.6 Å². The van der Waals surface area contributed by atoms with E-state index in [4.69, 9.17) is 4.74 Å². The summed E-state index contributed by atoms with van der Waals surface area (Å²) in [6.45, 7) is 1.70. The standard InChI is InChI=1S/C20H24NO5/c1-2-13-5-7-14(8-6-13)10-16(23)15-4-3-9-21(11-15)20-19(25)18(24)17(12-22)26-20/h3-9,11,17-20,22,24-25H,2,10,12H2,1H3/q+1/t17-,18-,19-,20-/m1/s1. The van der Waals surface area contributed by atoms with E-state index in [9.17, 15) is 20.1 Å². The molecule has 1 aliphatic heterocycles. The van der Waals surface area contributed by atoms with Gasteiger partial charge in [-0.15, -0.1) is 0 Å². The Hall–Kier alpha value is -2.12. The third kappa shape index (κ3) is 3.83. The highest BCUT2D eigenvalue weighted by Gasteiger charge is 2.47. The number of aliphatic hydroxyl groups is 3. The van der Waals surface area contributed by atoms with Crippen LogP contribution >= 0.6 is 0 Å². The van der Waals surface area contributed by atoms with E-state index < -0.39 is 24.5 Å². The molecular weight excluding hydrogens is 334 g/mol. The molecule has 0 bridgehead atoms. The fourth-order valence-corrected chi connectivity index (χ4v) is 3.12. The van der Waals surface area contributed by atoms with E-state index in [-0.39, 0.29) is 18.8 Å². The lowest BCUT2D eigenvalue weighted by atomic mass is 10.0. The van der Waals surface area contributed by atoms with Crippen molar-refractivity contribution in [2.45, 2.75) is 44.3 Å². The molecule has 1 fully saturated rings. The zero-order valence-electron chi connectivity index (χ0n) is 14.7. The van der Waals surface area contributed by atoms with Crippen LogP contribution in [0.1, 0.15) is 34.6 Å². The lowest BCUT2D eigenvalue weighted by molar-refractivity contribution is -0.765. The Kier molecular flexibility index (Phi) is 5.78. The van der Waals surface area contributed by atoms with Gasteiger partial charge in [0, 0.05) is 12.5 Å². The van der Waals surface area contributed by atoms with Gasteiger partial charge in [-0.05, 0) is 23.6 Å². The van der Waals surface area contributed by atoms with Gasteiger partial charge in [-0.3, -0.25) is 4.79 Å². The molecule has 3 rings (SSSR count). The normalized spacial score (nSPS) is 25.4. The minimum atomic E-state index is -1.18. The molecule has 0 radical (unpaired) electrons. The average Bonchev–Trinajstić information content (AvgIpc) is 2.97. The number of carbonyl (C=O) groups excluding carboxylic acids is 1. The summed E-state index contributed by atoms with van der Waals surface area (Å²) in [5, 5.41) is 29.2. The number of ether oxygens (including phenoxy) is 1. The van der Waals surface area contributed by atoms with Gasteiger partial charge < -0.3 is 20.1 Å². The lowest BCUT2D eigenvalue weighted by Crippen LogP contribution is -2.46. The number of rotatable bonds is 6. The van der Waals surface area contributed by atoms with Crippen molar-refractivity contribution in [3.63, 3.8) is 0 Å². The summed E-state index contributed by atoms with van der Waals surface area (Å²) in [4.78, 5) is 12.6. The highest BCUT2D eigenvalue weighted by molar-refractivity contribution is 5.96. The Labute approximate surface area is 152 Å². The van der Waals surface area contributed by atoms with Crippen LogP contribution in [0.3, 0.4) is 0 Å². The average molecular weight is 358 g/mol. The van der Waals surface area contributed by atoms with E-state index in [1.807, 2.05) is 24.3 Å². The number of aryl methyl sites for hydroxylation is 1. The number of carbonyl (C=O) groups is 1. The molecule has 0 unspecified atom stereocenters. The van der Waals surface area contributed by atoms with Crippen molar-refractivity contribution in [2.24, 2.45) is 0 Å². The molecule has 0 saturated carbocycles. The minimum absolute atomic E-state index is 0.0460. The molecule has 1 aromatic carbocycles. The quantitative estimate of drug-likeness (QED) is 0.519. The minimum Gasteiger partial charge on any atom is -0.394 e. The number of hydrogen-bond acceptors (Lipinski definition) is 5. The molecule has 6 heteroatoms. The summed E-state index contributed by atoms with van der Waals surface area (Å²) < 4.78 is 7.05. The summed E-state index contributed by atoms with van der Waals surface area (Å²) in [5.74, 6) is -0.0460. The Morgan fingerprint density at radius 3 is 2.42 bits per heavy atom. The first-order valence-electron chi connectivity index (χ1n) is 8.77. The number of pyridine rings is 1. The number of aromatic nitrogens is 1. The van der Waals surface area contributed by atoms with Gasteiger partial charge in [0.05, 0.1) is 12.2 Å². The van der Waals surface area contributed by atoms with Gasteiger partial charge in [0.25, 0.3) is 6.23 Å². The zero-order valence-corrected chi connectivity index (χ0v) is 14.7. The molecule has 1 saturated heterocycles. The smallest absolute Gasteiger partial charge is 0.292 e. The van der Waals surface area contributed by atoms with Gasteiger partial charge in [-0.1, -0.05) is 31.2 Å². The molecule has 3 N–H and O–H groups in total. The van der Waals surface area contributed by atoms with Gasteiger partial charge >= 0.3 is 0 Å². The molecule has 1 aromatic heterocycles. The second kappa shape index (κ2) is 8.05. The summed E-state index contributed by atoms with van der Waals surface area (Å²) in [5.41, 5.74) is 2.66. The molecule has 138 valence electrons. The highest BCUT2D eigenvalue weighted by Crippen LogP contribution is 2.25. The van der Waals surface area contributed by atoms with Crippen molar-refractivity contribution in [2.75, 3.05) is 6.61 Å². The van der Waals surface area contributed by atoms with Crippen molar-refractivity contribution < 1.29 is 29.4 Å². The fraction of sp³-hybridized carbons (Fsp3) is 0.400. The summed E-state index contributed by atoms with van der Waals surface area (Å²) in [7, 11) is 0. The summed E-state index contributed by atoms with van der Waals surface area (Å²) in [6, 6.07) is 11.4. The van der Waals surface area contributed by atoms with Crippen LogP contribution in [0.4, 0.5) is 0 Å². The van der Waals surface area contributed by atoms with Gasteiger partial charge in [0.1, 0.15) is 12.2 Å². The number of ketones is 1. The van der Waals surface area contributed by atoms with Crippen molar-refractivity contribution in [1.82, 2.24) is 0 Å². The van der Waals surface area contributed by atoms with E-state index in [2.05, 4.69) is 6.92 Å². The molecule has 26 heavy (non-hydrogen) atoms. The molecule has 0 spiro atoms. The second-order valence-electron chi connectivity index (χ2n) is 6.54. The number of hydrogen-bond donors (Lipinski definition) is 3. The highest BCUT2D eigenvalue weighted by atomic mass is 16.6. The van der Waals surface area contributed by atoms with Crippen LogP contribution in [0, 0.1) is 0 Å². The third-order valence-corrected chi connectivity index (χ3v) is 4.75. The molecular formula is C20H24NO5+. The van der Waals surface area contributed by atoms with Crippen molar-refractivity contribution in [3.8, 4) is 0 Å². The Bertz CT molecular complexity index is 761. The topological polar surface area (TPSA) is 90.9 Å². The molecule has 4 atom stereocenters. The first-order chi connectivity index (χ1) is 12.5. The molecule has 6 nitrogen and oxygen atoms in total. The summed E-state index contributed by atoms with van der Waals surface area (Å²) in [6.07, 6.45) is 0.452. The van der Waals surface area contributed by atoms with Crippen LogP contribution in [0.2, 0.25) is 0 Å². The Morgan fingerprint density at radius 2 is 1.81 bits per heavy atom. The van der Waals surface area contributed by atoms with E-state index in [1.54, 1.807) is 29.1 Å².